The average molecular weight is 267 g/mol. The van der Waals surface area contributed by atoms with Crippen LogP contribution in [0, 0.1) is 0 Å². The number of hydrogen-bond donors (Lipinski definition) is 1. The third-order valence-electron chi connectivity index (χ3n) is 3.11. The maximum absolute atomic E-state index is 5.72. The van der Waals surface area contributed by atoms with Crippen molar-refractivity contribution in [3.8, 4) is 11.5 Å². The summed E-state index contributed by atoms with van der Waals surface area (Å²) < 4.78 is 11.0. The molecule has 0 radical (unpaired) electrons. The fourth-order valence-electron chi connectivity index (χ4n) is 2.33. The van der Waals surface area contributed by atoms with Crippen molar-refractivity contribution in [1.82, 2.24) is 4.98 Å². The van der Waals surface area contributed by atoms with Crippen LogP contribution in [0.4, 0.5) is 0 Å². The van der Waals surface area contributed by atoms with Gasteiger partial charge in [0.2, 0.25) is 5.89 Å². The highest BCUT2D eigenvalue weighted by molar-refractivity contribution is 5.85. The molecule has 0 bridgehead atoms. The van der Waals surface area contributed by atoms with E-state index in [-0.39, 0.29) is 18.5 Å². The molecule has 0 spiro atoms. The van der Waals surface area contributed by atoms with Gasteiger partial charge in [0.05, 0.1) is 18.9 Å². The largest absolute Gasteiger partial charge is 0.445 e. The zero-order valence-electron chi connectivity index (χ0n) is 9.83. The number of rotatable bonds is 2. The quantitative estimate of drug-likeness (QED) is 0.906. The number of fused-ring (bicyclic) bond motifs is 1. The summed E-state index contributed by atoms with van der Waals surface area (Å²) in [6.45, 7) is 1.20. The summed E-state index contributed by atoms with van der Waals surface area (Å²) in [7, 11) is 0. The Labute approximate surface area is 112 Å². The molecule has 2 N–H and O–H groups in total. The lowest BCUT2D eigenvalue weighted by Gasteiger charge is -2.26. The molecule has 1 aromatic heterocycles. The van der Waals surface area contributed by atoms with Crippen LogP contribution in [-0.4, -0.2) is 18.1 Å². The van der Waals surface area contributed by atoms with Gasteiger partial charge in [-0.1, -0.05) is 12.1 Å². The number of halogens is 1. The van der Waals surface area contributed by atoms with E-state index in [4.69, 9.17) is 14.9 Å². The highest BCUT2D eigenvalue weighted by atomic mass is 35.5. The monoisotopic (exact) mass is 266 g/mol. The minimum atomic E-state index is -0.00587. The smallest absolute Gasteiger partial charge is 0.226 e. The number of ether oxygens (including phenoxy) is 1. The van der Waals surface area contributed by atoms with Crippen LogP contribution in [0.3, 0.4) is 0 Å². The molecule has 1 aromatic carbocycles. The lowest BCUT2D eigenvalue weighted by molar-refractivity contribution is 0.0486. The van der Waals surface area contributed by atoms with Crippen LogP contribution in [0.15, 0.2) is 35.1 Å². The van der Waals surface area contributed by atoms with Crippen molar-refractivity contribution in [2.75, 3.05) is 13.2 Å². The standard InChI is InChI=1S/C13H14N2O2.ClH/c14-8-12-10-2-1-3-11(9(10)4-6-16-12)13-15-5-7-17-13;/h1-3,5,7,12H,4,6,8,14H2;1H. The fourth-order valence-corrected chi connectivity index (χ4v) is 2.33. The molecule has 3 rings (SSSR count). The van der Waals surface area contributed by atoms with Gasteiger partial charge in [-0.15, -0.1) is 12.4 Å². The number of nitrogens with two attached hydrogens (primary N) is 1. The zero-order chi connectivity index (χ0) is 11.7. The number of nitrogens with zero attached hydrogens (tertiary/aromatic N) is 1. The van der Waals surface area contributed by atoms with Crippen molar-refractivity contribution in [3.63, 3.8) is 0 Å². The molecule has 2 heterocycles. The van der Waals surface area contributed by atoms with Crippen molar-refractivity contribution in [1.29, 1.82) is 0 Å². The van der Waals surface area contributed by atoms with Gasteiger partial charge in [0.1, 0.15) is 6.26 Å². The molecule has 4 nitrogen and oxygen atoms in total. The lowest BCUT2D eigenvalue weighted by Crippen LogP contribution is -2.23. The van der Waals surface area contributed by atoms with Crippen LogP contribution >= 0.6 is 12.4 Å². The predicted octanol–water partition coefficient (Wildman–Crippen LogP) is 2.34. The van der Waals surface area contributed by atoms with Crippen LogP contribution in [0.1, 0.15) is 17.2 Å². The van der Waals surface area contributed by atoms with Crippen molar-refractivity contribution in [2.24, 2.45) is 5.73 Å². The molecule has 96 valence electrons. The molecule has 1 atom stereocenters. The van der Waals surface area contributed by atoms with E-state index in [0.717, 1.165) is 17.5 Å². The molecule has 1 unspecified atom stereocenters. The Balaban J connectivity index is 0.00000120. The fraction of sp³-hybridized carbons (Fsp3) is 0.308. The molecule has 18 heavy (non-hydrogen) atoms. The maximum Gasteiger partial charge on any atom is 0.226 e. The summed E-state index contributed by atoms with van der Waals surface area (Å²) in [5.41, 5.74) is 9.18. The van der Waals surface area contributed by atoms with Crippen molar-refractivity contribution in [3.05, 3.63) is 41.8 Å². The Morgan fingerprint density at radius 2 is 2.28 bits per heavy atom. The topological polar surface area (TPSA) is 61.3 Å². The Hall–Kier alpha value is -1.36. The second-order valence-electron chi connectivity index (χ2n) is 4.06. The van der Waals surface area contributed by atoms with E-state index < -0.39 is 0 Å². The van der Waals surface area contributed by atoms with Crippen molar-refractivity contribution >= 4 is 12.4 Å². The Kier molecular flexibility index (Phi) is 4.01. The predicted molar refractivity (Wildman–Crippen MR) is 70.6 cm³/mol. The number of oxazole rings is 1. The molecule has 0 amide bonds. The third-order valence-corrected chi connectivity index (χ3v) is 3.11. The first-order valence-electron chi connectivity index (χ1n) is 5.73. The Morgan fingerprint density at radius 1 is 1.39 bits per heavy atom. The molecular weight excluding hydrogens is 252 g/mol. The Bertz CT molecular complexity index is 514. The third kappa shape index (κ3) is 2.14. The summed E-state index contributed by atoms with van der Waals surface area (Å²) in [5, 5.41) is 0. The summed E-state index contributed by atoms with van der Waals surface area (Å²) in [6.07, 6.45) is 4.13. The maximum atomic E-state index is 5.72. The SMILES string of the molecule is Cl.NCC1OCCc2c(-c3ncco3)cccc21. The molecular formula is C13H15ClN2O2. The van der Waals surface area contributed by atoms with Gasteiger partial charge < -0.3 is 14.9 Å². The number of benzene rings is 1. The molecule has 5 heteroatoms. The molecule has 0 saturated heterocycles. The first-order valence-corrected chi connectivity index (χ1v) is 5.73. The second-order valence-corrected chi connectivity index (χ2v) is 4.06. The van der Waals surface area contributed by atoms with E-state index in [2.05, 4.69) is 11.1 Å². The average Bonchev–Trinajstić information content (AvgIpc) is 2.91. The highest BCUT2D eigenvalue weighted by Gasteiger charge is 2.23. The number of aromatic nitrogens is 1. The lowest BCUT2D eigenvalue weighted by atomic mass is 9.93. The van der Waals surface area contributed by atoms with Crippen molar-refractivity contribution in [2.45, 2.75) is 12.5 Å². The van der Waals surface area contributed by atoms with Crippen molar-refractivity contribution < 1.29 is 9.15 Å². The second kappa shape index (κ2) is 5.52. The zero-order valence-corrected chi connectivity index (χ0v) is 10.7. The van der Waals surface area contributed by atoms with Crippen LogP contribution in [0.5, 0.6) is 0 Å². The highest BCUT2D eigenvalue weighted by Crippen LogP contribution is 2.33. The molecule has 0 saturated carbocycles. The minimum absolute atomic E-state index is 0. The summed E-state index contributed by atoms with van der Waals surface area (Å²) in [6, 6.07) is 6.09. The first kappa shape index (κ1) is 13.1. The van der Waals surface area contributed by atoms with E-state index in [9.17, 15) is 0 Å². The molecule has 2 aromatic rings. The number of hydrogen-bond acceptors (Lipinski definition) is 4. The van der Waals surface area contributed by atoms with E-state index in [1.807, 2.05) is 12.1 Å². The Morgan fingerprint density at radius 3 is 3.00 bits per heavy atom. The van der Waals surface area contributed by atoms with Crippen LogP contribution in [0.25, 0.3) is 11.5 Å². The van der Waals surface area contributed by atoms with Gasteiger partial charge in [-0.05, 0) is 23.6 Å². The summed E-state index contributed by atoms with van der Waals surface area (Å²) in [4.78, 5) is 4.21. The van der Waals surface area contributed by atoms with Crippen LogP contribution in [0.2, 0.25) is 0 Å². The normalized spacial score (nSPS) is 17.9. The van der Waals surface area contributed by atoms with Gasteiger partial charge in [-0.3, -0.25) is 0 Å². The molecule has 0 aliphatic carbocycles. The van der Waals surface area contributed by atoms with E-state index in [1.165, 1.54) is 5.56 Å². The first-order chi connectivity index (χ1) is 8.40. The molecule has 1 aliphatic heterocycles. The van der Waals surface area contributed by atoms with E-state index in [0.29, 0.717) is 19.0 Å². The van der Waals surface area contributed by atoms with Gasteiger partial charge in [0.15, 0.2) is 0 Å². The minimum Gasteiger partial charge on any atom is -0.445 e. The van der Waals surface area contributed by atoms with Gasteiger partial charge >= 0.3 is 0 Å². The summed E-state index contributed by atoms with van der Waals surface area (Å²) >= 11 is 0. The molecule has 0 fully saturated rings. The van der Waals surface area contributed by atoms with Gasteiger partial charge in [0.25, 0.3) is 0 Å². The molecule has 1 aliphatic rings. The summed E-state index contributed by atoms with van der Waals surface area (Å²) in [5.74, 6) is 0.666. The van der Waals surface area contributed by atoms with Gasteiger partial charge in [-0.2, -0.15) is 0 Å². The van der Waals surface area contributed by atoms with Gasteiger partial charge in [0, 0.05) is 12.1 Å². The van der Waals surface area contributed by atoms with Crippen LogP contribution < -0.4 is 5.73 Å². The van der Waals surface area contributed by atoms with E-state index >= 15 is 0 Å². The van der Waals surface area contributed by atoms with Gasteiger partial charge in [-0.25, -0.2) is 4.98 Å². The van der Waals surface area contributed by atoms with E-state index in [1.54, 1.807) is 12.5 Å². The van der Waals surface area contributed by atoms with Crippen LogP contribution in [-0.2, 0) is 11.2 Å².